The molecule has 0 aromatic heterocycles. The molecule has 104 heavy (non-hydrogen) atoms. The molecule has 500 valence electrons. The van der Waals surface area contributed by atoms with Crippen LogP contribution in [0, 0.1) is 83.1 Å². The van der Waals surface area contributed by atoms with Gasteiger partial charge in [0.15, 0.2) is 0 Å². The second kappa shape index (κ2) is 26.1. The first-order chi connectivity index (χ1) is 50.4. The highest BCUT2D eigenvalue weighted by atomic mass is 14.3. The van der Waals surface area contributed by atoms with E-state index in [2.05, 4.69) is 374 Å². The quantitative estimate of drug-likeness (QED) is 0.0845. The first-order valence-electron chi connectivity index (χ1n) is 36.8. The lowest BCUT2D eigenvalue weighted by Crippen LogP contribution is -1.98. The highest BCUT2D eigenvalue weighted by Gasteiger charge is 2.27. The van der Waals surface area contributed by atoms with Gasteiger partial charge in [-0.25, -0.2) is 0 Å². The van der Waals surface area contributed by atoms with E-state index in [0.717, 1.165) is 0 Å². The summed E-state index contributed by atoms with van der Waals surface area (Å²) in [5.74, 6) is 0. The lowest BCUT2D eigenvalue weighted by molar-refractivity contribution is 1.42. The van der Waals surface area contributed by atoms with Crippen molar-refractivity contribution in [2.75, 3.05) is 0 Å². The van der Waals surface area contributed by atoms with Crippen molar-refractivity contribution >= 4 is 43.1 Å². The molecule has 0 atom stereocenters. The molecule has 0 heterocycles. The summed E-state index contributed by atoms with van der Waals surface area (Å²) in [6.45, 7) is 26.6. The Labute approximate surface area is 613 Å². The average molecular weight is 1330 g/mol. The number of benzene rings is 17. The number of aryl methyl sites for hydroxylation is 12. The molecule has 0 aliphatic heterocycles. The number of hydrogen-bond donors (Lipinski definition) is 0. The van der Waals surface area contributed by atoms with Crippen LogP contribution < -0.4 is 0 Å². The predicted molar refractivity (Wildman–Crippen MR) is 450 cm³/mol. The average Bonchev–Trinajstić information content (AvgIpc) is 0.698. The minimum absolute atomic E-state index is 1.17. The summed E-state index contributed by atoms with van der Waals surface area (Å²) in [6.07, 6.45) is 0. The summed E-state index contributed by atoms with van der Waals surface area (Å²) < 4.78 is 0. The molecule has 0 unspecified atom stereocenters. The second-order valence-electron chi connectivity index (χ2n) is 30.2. The molecular weight excluding hydrogens is 1250 g/mol. The molecule has 0 fully saturated rings. The third kappa shape index (κ3) is 12.0. The summed E-state index contributed by atoms with van der Waals surface area (Å²) in [4.78, 5) is 0. The molecule has 17 aromatic rings. The monoisotopic (exact) mass is 1330 g/mol. The van der Waals surface area contributed by atoms with E-state index in [4.69, 9.17) is 0 Å². The fourth-order valence-corrected chi connectivity index (χ4v) is 16.5. The number of hydrogen-bond acceptors (Lipinski definition) is 0. The lowest BCUT2D eigenvalue weighted by Gasteiger charge is -2.24. The molecule has 0 heteroatoms. The molecule has 0 N–H and O–H groups in total. The zero-order chi connectivity index (χ0) is 71.3. The van der Waals surface area contributed by atoms with Crippen LogP contribution in [0.5, 0.6) is 0 Å². The van der Waals surface area contributed by atoms with Crippen LogP contribution in [0.1, 0.15) is 66.8 Å². The van der Waals surface area contributed by atoms with Crippen molar-refractivity contribution in [1.82, 2.24) is 0 Å². The van der Waals surface area contributed by atoms with Gasteiger partial charge in [-0.05, 0) is 330 Å². The zero-order valence-corrected chi connectivity index (χ0v) is 61.7. The van der Waals surface area contributed by atoms with Crippen molar-refractivity contribution in [1.29, 1.82) is 0 Å². The Morgan fingerprint density at radius 2 is 0.260 bits per heavy atom. The van der Waals surface area contributed by atoms with Crippen molar-refractivity contribution < 1.29 is 0 Å². The second-order valence-corrected chi connectivity index (χ2v) is 30.2. The van der Waals surface area contributed by atoms with Crippen LogP contribution in [0.15, 0.2) is 291 Å². The normalized spacial score (nSPS) is 11.7. The van der Waals surface area contributed by atoms with Gasteiger partial charge in [-0.15, -0.1) is 0 Å². The molecule has 0 saturated heterocycles. The summed E-state index contributed by atoms with van der Waals surface area (Å²) >= 11 is 0. The van der Waals surface area contributed by atoms with Crippen molar-refractivity contribution in [3.63, 3.8) is 0 Å². The first-order valence-corrected chi connectivity index (χ1v) is 36.8. The van der Waals surface area contributed by atoms with Gasteiger partial charge in [-0.1, -0.05) is 287 Å². The van der Waals surface area contributed by atoms with Gasteiger partial charge in [0.25, 0.3) is 0 Å². The van der Waals surface area contributed by atoms with E-state index in [-0.39, 0.29) is 0 Å². The van der Waals surface area contributed by atoms with Crippen molar-refractivity contribution in [3.8, 4) is 134 Å². The van der Waals surface area contributed by atoms with Crippen LogP contribution in [0.2, 0.25) is 0 Å². The molecule has 0 nitrogen and oxygen atoms in total. The van der Waals surface area contributed by atoms with Crippen LogP contribution in [0.25, 0.3) is 177 Å². The largest absolute Gasteiger partial charge is 0.0587 e. The van der Waals surface area contributed by atoms with Gasteiger partial charge in [0.1, 0.15) is 0 Å². The predicted octanol–water partition coefficient (Wildman–Crippen LogP) is 29.4. The molecule has 0 radical (unpaired) electrons. The lowest BCUT2D eigenvalue weighted by atomic mass is 9.79. The van der Waals surface area contributed by atoms with Crippen molar-refractivity contribution in [2.24, 2.45) is 0 Å². The van der Waals surface area contributed by atoms with Crippen molar-refractivity contribution in [3.05, 3.63) is 358 Å². The highest BCUT2D eigenvalue weighted by molar-refractivity contribution is 6.36. The Balaban J connectivity index is 1.10. The van der Waals surface area contributed by atoms with E-state index in [1.807, 2.05) is 0 Å². The smallest absolute Gasteiger partial charge is 0.00255 e. The molecule has 17 rings (SSSR count). The van der Waals surface area contributed by atoms with E-state index in [0.29, 0.717) is 0 Å². The highest BCUT2D eigenvalue weighted by Crippen LogP contribution is 2.54. The Morgan fingerprint density at radius 3 is 0.394 bits per heavy atom. The van der Waals surface area contributed by atoms with E-state index in [1.165, 1.54) is 243 Å². The van der Waals surface area contributed by atoms with Crippen molar-refractivity contribution in [2.45, 2.75) is 83.1 Å². The standard InChI is InChI=1S/C104H84/c1-61-13-29-73(30-14-61)87-45-69(9)46-88(74-31-15-62(2)16-32-74)99(87)83-53-81-54-84(100-89(75-33-17-63(3)18-34-75)47-70(10)48-90(100)76-35-19-64(4)20-36-76)59-97-98-60-86(102-93(79-41-25-67(7)26-42-79)51-72(12)52-94(102)80-43-27-68(8)28-44-80)56-82-55-85(58-96(104(82)98)95(57-83)103(81)97)101-91(77-37-21-65(5)22-38-77)49-71(11)50-92(101)78-39-23-66(6)24-40-78/h13-60H,1-12H3. The molecule has 0 amide bonds. The summed E-state index contributed by atoms with van der Waals surface area (Å²) in [5.41, 5.74) is 43.5. The number of fused-ring (bicyclic) bond motifs is 2. The van der Waals surface area contributed by atoms with Crippen LogP contribution >= 0.6 is 0 Å². The maximum absolute atomic E-state index is 2.59. The minimum Gasteiger partial charge on any atom is -0.0587 e. The van der Waals surface area contributed by atoms with Gasteiger partial charge < -0.3 is 0 Å². The third-order valence-corrected chi connectivity index (χ3v) is 21.9. The van der Waals surface area contributed by atoms with Crippen LogP contribution in [0.3, 0.4) is 0 Å². The SMILES string of the molecule is Cc1ccc(-c2cc(C)cc(-c3ccc(C)cc3)c2-c2cc3cc(-c4c(-c5ccc(C)cc5)cc(C)cc4-c4ccc(C)cc4)cc4c5cc(-c6c(-c7ccc(C)cc7)cc(C)cc6-c6ccc(C)cc6)cc6cc(-c7c(-c8ccc(C)cc8)cc(C)cc7-c7ccc(C)cc7)cc(c(c2)c34)c65)cc1. The maximum Gasteiger partial charge on any atom is -0.00255 e. The van der Waals surface area contributed by atoms with E-state index < -0.39 is 0 Å². The van der Waals surface area contributed by atoms with Crippen LogP contribution in [-0.2, 0) is 0 Å². The number of rotatable bonds is 12. The molecule has 0 aliphatic carbocycles. The summed E-state index contributed by atoms with van der Waals surface area (Å²) in [7, 11) is 0. The van der Waals surface area contributed by atoms with Crippen LogP contribution in [-0.4, -0.2) is 0 Å². The first kappa shape index (κ1) is 65.4. The Morgan fingerprint density at radius 1 is 0.125 bits per heavy atom. The zero-order valence-electron chi connectivity index (χ0n) is 61.7. The van der Waals surface area contributed by atoms with Gasteiger partial charge in [0, 0.05) is 0 Å². The summed E-state index contributed by atoms with van der Waals surface area (Å²) in [6, 6.07) is 114. The van der Waals surface area contributed by atoms with E-state index >= 15 is 0 Å². The molecule has 0 spiro atoms. The fourth-order valence-electron chi connectivity index (χ4n) is 16.5. The molecule has 0 bridgehead atoms. The summed E-state index contributed by atoms with van der Waals surface area (Å²) in [5, 5.41) is 9.72. The van der Waals surface area contributed by atoms with Gasteiger partial charge in [-0.3, -0.25) is 0 Å². The Bertz CT molecular complexity index is 5190. The van der Waals surface area contributed by atoms with E-state index in [9.17, 15) is 0 Å². The molecule has 0 saturated carbocycles. The fraction of sp³-hybridized carbons (Fsp3) is 0.115. The Kier molecular flexibility index (Phi) is 16.4. The van der Waals surface area contributed by atoms with E-state index in [1.54, 1.807) is 0 Å². The minimum atomic E-state index is 1.17. The molecule has 17 aromatic carbocycles. The molecule has 0 aliphatic rings. The third-order valence-electron chi connectivity index (χ3n) is 21.9. The Hall–Kier alpha value is -12.0. The van der Waals surface area contributed by atoms with Gasteiger partial charge in [-0.2, -0.15) is 0 Å². The van der Waals surface area contributed by atoms with Gasteiger partial charge >= 0.3 is 0 Å². The maximum atomic E-state index is 2.59. The molecular formula is C104H84. The van der Waals surface area contributed by atoms with Gasteiger partial charge in [0.2, 0.25) is 0 Å². The topological polar surface area (TPSA) is 0 Å². The van der Waals surface area contributed by atoms with Crippen LogP contribution in [0.4, 0.5) is 0 Å². The van der Waals surface area contributed by atoms with Gasteiger partial charge in [0.05, 0.1) is 0 Å².